The standard InChI is InChI=1S/C18H24BrNO2/c1-18(2,3)22-17(21)20-10-8-15(9-11-20)12-14-4-6-16(13-19)7-5-14/h4-7,12H,8-11,13H2,1-3H3. The number of benzene rings is 1. The zero-order chi connectivity index (χ0) is 16.2. The smallest absolute Gasteiger partial charge is 0.410 e. The molecule has 4 heteroatoms. The summed E-state index contributed by atoms with van der Waals surface area (Å²) >= 11 is 3.46. The van der Waals surface area contributed by atoms with Crippen molar-refractivity contribution in [3.63, 3.8) is 0 Å². The van der Waals surface area contributed by atoms with E-state index in [1.165, 1.54) is 16.7 Å². The molecule has 0 unspecified atom stereocenters. The molecule has 22 heavy (non-hydrogen) atoms. The summed E-state index contributed by atoms with van der Waals surface area (Å²) in [6.45, 7) is 7.17. The van der Waals surface area contributed by atoms with E-state index < -0.39 is 5.60 Å². The Morgan fingerprint density at radius 2 is 1.82 bits per heavy atom. The van der Waals surface area contributed by atoms with Gasteiger partial charge in [-0.05, 0) is 44.7 Å². The summed E-state index contributed by atoms with van der Waals surface area (Å²) in [5, 5.41) is 0.884. The van der Waals surface area contributed by atoms with E-state index in [-0.39, 0.29) is 6.09 Å². The molecular weight excluding hydrogens is 342 g/mol. The lowest BCUT2D eigenvalue weighted by atomic mass is 10.0. The summed E-state index contributed by atoms with van der Waals surface area (Å²) in [6, 6.07) is 8.56. The molecule has 1 aromatic carbocycles. The molecule has 1 saturated heterocycles. The molecule has 0 radical (unpaired) electrons. The van der Waals surface area contributed by atoms with E-state index in [0.717, 1.165) is 31.3 Å². The van der Waals surface area contributed by atoms with Crippen molar-refractivity contribution in [2.24, 2.45) is 0 Å². The third-order valence-corrected chi connectivity index (χ3v) is 4.21. The highest BCUT2D eigenvalue weighted by atomic mass is 79.9. The third kappa shape index (κ3) is 5.16. The fourth-order valence-electron chi connectivity index (χ4n) is 2.39. The van der Waals surface area contributed by atoms with Crippen LogP contribution in [0.4, 0.5) is 4.79 Å². The predicted octanol–water partition coefficient (Wildman–Crippen LogP) is 5.00. The topological polar surface area (TPSA) is 29.5 Å². The van der Waals surface area contributed by atoms with E-state index in [2.05, 4.69) is 46.3 Å². The minimum absolute atomic E-state index is 0.201. The minimum atomic E-state index is -0.426. The number of nitrogens with zero attached hydrogens (tertiary/aromatic N) is 1. The van der Waals surface area contributed by atoms with Gasteiger partial charge >= 0.3 is 6.09 Å². The highest BCUT2D eigenvalue weighted by Crippen LogP contribution is 2.21. The number of rotatable bonds is 2. The molecule has 1 aliphatic heterocycles. The Bertz CT molecular complexity index is 533. The Hall–Kier alpha value is -1.29. The Morgan fingerprint density at radius 3 is 2.32 bits per heavy atom. The van der Waals surface area contributed by atoms with Gasteiger partial charge in [0.05, 0.1) is 0 Å². The second-order valence-corrected chi connectivity index (χ2v) is 7.21. The maximum atomic E-state index is 12.0. The molecule has 0 atom stereocenters. The van der Waals surface area contributed by atoms with E-state index >= 15 is 0 Å². The molecular formula is C18H24BrNO2. The van der Waals surface area contributed by atoms with Crippen molar-refractivity contribution in [1.29, 1.82) is 0 Å². The number of likely N-dealkylation sites (tertiary alicyclic amines) is 1. The van der Waals surface area contributed by atoms with Gasteiger partial charge in [0.2, 0.25) is 0 Å². The Balaban J connectivity index is 1.91. The minimum Gasteiger partial charge on any atom is -0.444 e. The molecule has 120 valence electrons. The van der Waals surface area contributed by atoms with Gasteiger partial charge in [-0.15, -0.1) is 0 Å². The zero-order valence-corrected chi connectivity index (χ0v) is 15.1. The molecule has 3 nitrogen and oxygen atoms in total. The van der Waals surface area contributed by atoms with Gasteiger partial charge in [-0.1, -0.05) is 51.8 Å². The van der Waals surface area contributed by atoms with Crippen LogP contribution in [-0.4, -0.2) is 29.7 Å². The molecule has 1 amide bonds. The zero-order valence-electron chi connectivity index (χ0n) is 13.6. The molecule has 1 heterocycles. The SMILES string of the molecule is CC(C)(C)OC(=O)N1CCC(=Cc2ccc(CBr)cc2)CC1. The van der Waals surface area contributed by atoms with Crippen LogP contribution in [0.2, 0.25) is 0 Å². The van der Waals surface area contributed by atoms with Gasteiger partial charge in [-0.2, -0.15) is 0 Å². The molecule has 0 saturated carbocycles. The molecule has 1 aliphatic rings. The van der Waals surface area contributed by atoms with E-state index in [1.54, 1.807) is 4.90 Å². The molecule has 1 aromatic rings. The summed E-state index contributed by atoms with van der Waals surface area (Å²) in [7, 11) is 0. The van der Waals surface area contributed by atoms with E-state index in [1.807, 2.05) is 20.8 Å². The summed E-state index contributed by atoms with van der Waals surface area (Å²) in [4.78, 5) is 13.8. The molecule has 1 fully saturated rings. The van der Waals surface area contributed by atoms with E-state index in [9.17, 15) is 4.79 Å². The summed E-state index contributed by atoms with van der Waals surface area (Å²) in [5.41, 5.74) is 3.48. The van der Waals surface area contributed by atoms with Gasteiger partial charge in [0.1, 0.15) is 5.60 Å². The maximum absolute atomic E-state index is 12.0. The highest BCUT2D eigenvalue weighted by molar-refractivity contribution is 9.08. The molecule has 2 rings (SSSR count). The van der Waals surface area contributed by atoms with Gasteiger partial charge in [0, 0.05) is 18.4 Å². The predicted molar refractivity (Wildman–Crippen MR) is 94.1 cm³/mol. The van der Waals surface area contributed by atoms with Crippen LogP contribution in [0.3, 0.4) is 0 Å². The van der Waals surface area contributed by atoms with Crippen LogP contribution >= 0.6 is 15.9 Å². The normalized spacial score (nSPS) is 15.6. The van der Waals surface area contributed by atoms with Gasteiger partial charge in [0.15, 0.2) is 0 Å². The monoisotopic (exact) mass is 365 g/mol. The van der Waals surface area contributed by atoms with Crippen molar-refractivity contribution in [1.82, 2.24) is 4.90 Å². The molecule has 0 bridgehead atoms. The van der Waals surface area contributed by atoms with Crippen molar-refractivity contribution < 1.29 is 9.53 Å². The Morgan fingerprint density at radius 1 is 1.23 bits per heavy atom. The summed E-state index contributed by atoms with van der Waals surface area (Å²) in [6.07, 6.45) is 3.87. The second-order valence-electron chi connectivity index (χ2n) is 6.65. The van der Waals surface area contributed by atoms with Crippen LogP contribution in [0.5, 0.6) is 0 Å². The number of carbonyl (C=O) groups excluding carboxylic acids is 1. The molecule has 0 N–H and O–H groups in total. The summed E-state index contributed by atoms with van der Waals surface area (Å²) < 4.78 is 5.42. The first-order valence-corrected chi connectivity index (χ1v) is 8.82. The van der Waals surface area contributed by atoms with Crippen molar-refractivity contribution >= 4 is 28.1 Å². The van der Waals surface area contributed by atoms with Crippen molar-refractivity contribution in [2.75, 3.05) is 13.1 Å². The number of piperidine rings is 1. The van der Waals surface area contributed by atoms with Crippen LogP contribution in [0.15, 0.2) is 29.8 Å². The molecule has 0 aromatic heterocycles. The van der Waals surface area contributed by atoms with Crippen molar-refractivity contribution in [2.45, 2.75) is 44.5 Å². The highest BCUT2D eigenvalue weighted by Gasteiger charge is 2.24. The average Bonchev–Trinajstić information content (AvgIpc) is 2.47. The van der Waals surface area contributed by atoms with E-state index in [4.69, 9.17) is 4.74 Å². The second kappa shape index (κ2) is 7.32. The maximum Gasteiger partial charge on any atom is 0.410 e. The summed E-state index contributed by atoms with van der Waals surface area (Å²) in [5.74, 6) is 0. The Labute approximate surface area is 141 Å². The quantitative estimate of drug-likeness (QED) is 0.690. The number of alkyl halides is 1. The van der Waals surface area contributed by atoms with Gasteiger partial charge < -0.3 is 9.64 Å². The number of amides is 1. The lowest BCUT2D eigenvalue weighted by Crippen LogP contribution is -2.40. The van der Waals surface area contributed by atoms with Crippen LogP contribution < -0.4 is 0 Å². The van der Waals surface area contributed by atoms with Crippen LogP contribution in [0.25, 0.3) is 6.08 Å². The van der Waals surface area contributed by atoms with Crippen LogP contribution in [0, 0.1) is 0 Å². The third-order valence-electron chi connectivity index (χ3n) is 3.56. The fourth-order valence-corrected chi connectivity index (χ4v) is 2.76. The largest absolute Gasteiger partial charge is 0.444 e. The number of hydrogen-bond acceptors (Lipinski definition) is 2. The first-order valence-electron chi connectivity index (χ1n) is 7.70. The number of ether oxygens (including phenoxy) is 1. The number of carbonyl (C=O) groups is 1. The van der Waals surface area contributed by atoms with E-state index in [0.29, 0.717) is 0 Å². The number of halogens is 1. The van der Waals surface area contributed by atoms with Gasteiger partial charge in [-0.25, -0.2) is 4.79 Å². The van der Waals surface area contributed by atoms with Crippen LogP contribution in [0.1, 0.15) is 44.7 Å². The fraction of sp³-hybridized carbons (Fsp3) is 0.500. The lowest BCUT2D eigenvalue weighted by Gasteiger charge is -2.31. The molecule has 0 aliphatic carbocycles. The lowest BCUT2D eigenvalue weighted by molar-refractivity contribution is 0.0237. The van der Waals surface area contributed by atoms with Crippen molar-refractivity contribution in [3.05, 3.63) is 41.0 Å². The first kappa shape index (κ1) is 17.1. The van der Waals surface area contributed by atoms with Crippen LogP contribution in [-0.2, 0) is 10.1 Å². The van der Waals surface area contributed by atoms with Crippen molar-refractivity contribution in [3.8, 4) is 0 Å². The molecule has 0 spiro atoms. The Kier molecular flexibility index (Phi) is 5.68. The number of hydrogen-bond donors (Lipinski definition) is 0. The van der Waals surface area contributed by atoms with Gasteiger partial charge in [0.25, 0.3) is 0 Å². The van der Waals surface area contributed by atoms with Gasteiger partial charge in [-0.3, -0.25) is 0 Å². The average molecular weight is 366 g/mol. The first-order chi connectivity index (χ1) is 10.4.